The van der Waals surface area contributed by atoms with Crippen molar-refractivity contribution >= 4 is 34.9 Å². The Morgan fingerprint density at radius 3 is 2.94 bits per heavy atom. The number of aromatic nitrogens is 1. The van der Waals surface area contributed by atoms with Gasteiger partial charge in [-0.05, 0) is 25.7 Å². The number of nitrogens with zero attached hydrogens (tertiary/aromatic N) is 1. The van der Waals surface area contributed by atoms with E-state index in [4.69, 9.17) is 10.7 Å². The maximum absolute atomic E-state index is 6.19. The van der Waals surface area contributed by atoms with Gasteiger partial charge in [-0.2, -0.15) is 11.8 Å². The van der Waals surface area contributed by atoms with Crippen LogP contribution in [0.4, 0.5) is 0 Å². The third kappa shape index (κ3) is 2.47. The van der Waals surface area contributed by atoms with Gasteiger partial charge in [0.1, 0.15) is 5.01 Å². The Morgan fingerprint density at radius 1 is 1.33 bits per heavy atom. The summed E-state index contributed by atoms with van der Waals surface area (Å²) >= 11 is 6.17. The van der Waals surface area contributed by atoms with E-state index in [0.717, 1.165) is 11.7 Å². The second-order valence-corrected chi connectivity index (χ2v) is 8.68. The maximum Gasteiger partial charge on any atom is 0.107 e. The molecule has 2 aliphatic rings. The lowest BCUT2D eigenvalue weighted by Crippen LogP contribution is -2.19. The quantitative estimate of drug-likeness (QED) is 0.902. The van der Waals surface area contributed by atoms with E-state index in [2.05, 4.69) is 30.4 Å². The highest BCUT2D eigenvalue weighted by atomic mass is 32.2. The summed E-state index contributed by atoms with van der Waals surface area (Å²) < 4.78 is 0. The topological polar surface area (TPSA) is 38.9 Å². The number of hydrogen-bond acceptors (Lipinski definition) is 5. The van der Waals surface area contributed by atoms with Crippen LogP contribution in [-0.2, 0) is 6.42 Å². The molecule has 100 valence electrons. The van der Waals surface area contributed by atoms with Crippen molar-refractivity contribution in [1.82, 2.24) is 4.98 Å². The van der Waals surface area contributed by atoms with E-state index >= 15 is 0 Å². The highest BCUT2D eigenvalue weighted by Gasteiger charge is 2.31. The zero-order valence-electron chi connectivity index (χ0n) is 10.7. The summed E-state index contributed by atoms with van der Waals surface area (Å²) in [6, 6.07) is 0.195. The lowest BCUT2D eigenvalue weighted by Gasteiger charge is -2.28. The van der Waals surface area contributed by atoms with E-state index in [1.54, 1.807) is 0 Å². The lowest BCUT2D eigenvalue weighted by molar-refractivity contribution is 0.562. The molecule has 18 heavy (non-hydrogen) atoms. The van der Waals surface area contributed by atoms with E-state index in [9.17, 15) is 0 Å². The van der Waals surface area contributed by atoms with Crippen LogP contribution in [0.25, 0.3) is 0 Å². The Bertz CT molecular complexity index is 418. The molecule has 3 unspecified atom stereocenters. The smallest absolute Gasteiger partial charge is 0.107 e. The molecule has 1 aliphatic heterocycles. The number of fused-ring (bicyclic) bond motifs is 1. The van der Waals surface area contributed by atoms with E-state index < -0.39 is 0 Å². The van der Waals surface area contributed by atoms with Gasteiger partial charge in [0, 0.05) is 27.7 Å². The van der Waals surface area contributed by atoms with Crippen LogP contribution in [0.5, 0.6) is 0 Å². The molecule has 5 heteroatoms. The summed E-state index contributed by atoms with van der Waals surface area (Å²) in [6.07, 6.45) is 4.79. The number of aryl methyl sites for hydroxylation is 1. The number of hydrogen-bond donors (Lipinski definition) is 1. The third-order valence-electron chi connectivity index (χ3n) is 3.71. The Morgan fingerprint density at radius 2 is 2.17 bits per heavy atom. The van der Waals surface area contributed by atoms with Crippen LogP contribution in [0.3, 0.4) is 0 Å². The number of thiazole rings is 1. The predicted molar refractivity (Wildman–Crippen MR) is 83.7 cm³/mol. The number of rotatable bonds is 2. The molecule has 0 saturated carbocycles. The summed E-state index contributed by atoms with van der Waals surface area (Å²) in [5.74, 6) is 2.56. The summed E-state index contributed by atoms with van der Waals surface area (Å²) in [5, 5.41) is 2.70. The summed E-state index contributed by atoms with van der Waals surface area (Å²) in [6.45, 7) is 2.30. The molecular weight excluding hydrogens is 280 g/mol. The van der Waals surface area contributed by atoms with Crippen molar-refractivity contribution in [2.45, 2.75) is 49.1 Å². The fourth-order valence-corrected chi connectivity index (χ4v) is 7.32. The van der Waals surface area contributed by atoms with Gasteiger partial charge < -0.3 is 5.73 Å². The van der Waals surface area contributed by atoms with Crippen molar-refractivity contribution in [2.24, 2.45) is 5.73 Å². The molecule has 1 aromatic heterocycles. The van der Waals surface area contributed by atoms with Gasteiger partial charge in [-0.25, -0.2) is 4.98 Å². The predicted octanol–water partition coefficient (Wildman–Crippen LogP) is 3.78. The summed E-state index contributed by atoms with van der Waals surface area (Å²) in [4.78, 5) is 6.38. The van der Waals surface area contributed by atoms with Crippen LogP contribution in [0.1, 0.15) is 53.1 Å². The van der Waals surface area contributed by atoms with E-state index in [0.29, 0.717) is 5.25 Å². The van der Waals surface area contributed by atoms with Gasteiger partial charge in [-0.1, -0.05) is 6.92 Å². The lowest BCUT2D eigenvalue weighted by atomic mass is 9.99. The Labute approximate surface area is 122 Å². The van der Waals surface area contributed by atoms with Crippen molar-refractivity contribution < 1.29 is 0 Å². The average Bonchev–Trinajstić information content (AvgIpc) is 2.84. The van der Waals surface area contributed by atoms with Crippen LogP contribution in [0.2, 0.25) is 0 Å². The molecule has 0 radical (unpaired) electrons. The zero-order valence-corrected chi connectivity index (χ0v) is 13.2. The molecule has 0 spiro atoms. The van der Waals surface area contributed by atoms with Crippen LogP contribution in [0, 0.1) is 0 Å². The van der Waals surface area contributed by atoms with Crippen LogP contribution >= 0.6 is 34.9 Å². The van der Waals surface area contributed by atoms with Gasteiger partial charge >= 0.3 is 0 Å². The first kappa shape index (κ1) is 13.3. The zero-order chi connectivity index (χ0) is 12.5. The largest absolute Gasteiger partial charge is 0.323 e. The monoisotopic (exact) mass is 300 g/mol. The molecule has 1 saturated heterocycles. The molecule has 1 aliphatic carbocycles. The fraction of sp³-hybridized carbons (Fsp3) is 0.769. The highest BCUT2D eigenvalue weighted by molar-refractivity contribution is 8.06. The highest BCUT2D eigenvalue weighted by Crippen LogP contribution is 2.46. The molecule has 3 rings (SSSR count). The van der Waals surface area contributed by atoms with E-state index in [1.165, 1.54) is 46.3 Å². The SMILES string of the molecule is CCC1SCCSC1c1nc2c(s1)CCCC2N. The first-order valence-electron chi connectivity index (χ1n) is 6.78. The van der Waals surface area contributed by atoms with Crippen LogP contribution in [0.15, 0.2) is 0 Å². The maximum atomic E-state index is 6.19. The van der Waals surface area contributed by atoms with Gasteiger partial charge in [-0.3, -0.25) is 0 Å². The molecule has 1 aromatic rings. The second-order valence-electron chi connectivity index (χ2n) is 4.97. The van der Waals surface area contributed by atoms with E-state index in [-0.39, 0.29) is 6.04 Å². The van der Waals surface area contributed by atoms with Crippen molar-refractivity contribution in [1.29, 1.82) is 0 Å². The van der Waals surface area contributed by atoms with Crippen molar-refractivity contribution in [3.63, 3.8) is 0 Å². The molecule has 2 nitrogen and oxygen atoms in total. The minimum Gasteiger partial charge on any atom is -0.323 e. The molecule has 2 N–H and O–H groups in total. The Hall–Kier alpha value is 0.290. The third-order valence-corrected chi connectivity index (χ3v) is 8.33. The molecule has 0 aromatic carbocycles. The molecule has 3 atom stereocenters. The summed E-state index contributed by atoms with van der Waals surface area (Å²) in [5.41, 5.74) is 7.40. The Kier molecular flexibility index (Phi) is 4.23. The van der Waals surface area contributed by atoms with Crippen LogP contribution < -0.4 is 5.73 Å². The van der Waals surface area contributed by atoms with Crippen LogP contribution in [-0.4, -0.2) is 21.7 Å². The van der Waals surface area contributed by atoms with Crippen molar-refractivity contribution in [3.8, 4) is 0 Å². The molecule has 0 bridgehead atoms. The molecular formula is C13H20N2S3. The van der Waals surface area contributed by atoms with Gasteiger partial charge in [-0.15, -0.1) is 23.1 Å². The molecule has 2 heterocycles. The minimum atomic E-state index is 0.195. The Balaban J connectivity index is 1.87. The normalized spacial score (nSPS) is 32.2. The van der Waals surface area contributed by atoms with Gasteiger partial charge in [0.2, 0.25) is 0 Å². The number of nitrogens with two attached hydrogens (primary N) is 1. The fourth-order valence-electron chi connectivity index (χ4n) is 2.72. The first-order chi connectivity index (χ1) is 8.79. The second kappa shape index (κ2) is 5.73. The standard InChI is InChI=1S/C13H20N2S3/c1-2-9-12(17-7-6-16-9)13-15-11-8(14)4-3-5-10(11)18-13/h8-9,12H,2-7,14H2,1H3. The van der Waals surface area contributed by atoms with Gasteiger partial charge in [0.15, 0.2) is 0 Å². The van der Waals surface area contributed by atoms with E-state index in [1.807, 2.05) is 11.3 Å². The summed E-state index contributed by atoms with van der Waals surface area (Å²) in [7, 11) is 0. The molecule has 0 amide bonds. The van der Waals surface area contributed by atoms with Gasteiger partial charge in [0.25, 0.3) is 0 Å². The number of thioether (sulfide) groups is 2. The van der Waals surface area contributed by atoms with Gasteiger partial charge in [0.05, 0.1) is 10.9 Å². The average molecular weight is 301 g/mol. The first-order valence-corrected chi connectivity index (χ1v) is 9.69. The van der Waals surface area contributed by atoms with Crippen molar-refractivity contribution in [3.05, 3.63) is 15.6 Å². The molecule has 1 fully saturated rings. The minimum absolute atomic E-state index is 0.195. The van der Waals surface area contributed by atoms with Crippen molar-refractivity contribution in [2.75, 3.05) is 11.5 Å².